The van der Waals surface area contributed by atoms with E-state index in [-0.39, 0.29) is 23.6 Å². The fourth-order valence-corrected chi connectivity index (χ4v) is 1.39. The third-order valence-corrected chi connectivity index (χ3v) is 2.56. The Kier molecular flexibility index (Phi) is 7.13. The molecule has 2 aromatic rings. The van der Waals surface area contributed by atoms with Gasteiger partial charge < -0.3 is 4.74 Å². The monoisotopic (exact) mass is 305 g/mol. The van der Waals surface area contributed by atoms with Crippen LogP contribution in [0.3, 0.4) is 0 Å². The Balaban J connectivity index is 0.000000220. The summed E-state index contributed by atoms with van der Waals surface area (Å²) < 4.78 is 28.3. The Hall–Kier alpha value is -2.88. The first kappa shape index (κ1) is 17.2. The van der Waals surface area contributed by atoms with E-state index in [1.807, 2.05) is 6.92 Å². The van der Waals surface area contributed by atoms with Crippen LogP contribution in [-0.4, -0.2) is 16.7 Å². The fraction of sp³-hybridized carbons (Fsp3) is 0.200. The summed E-state index contributed by atoms with van der Waals surface area (Å²) in [6.07, 6.45) is -1.45. The zero-order chi connectivity index (χ0) is 16.4. The number of hydrogen-bond acceptors (Lipinski definition) is 5. The summed E-state index contributed by atoms with van der Waals surface area (Å²) in [6.45, 7) is 2.24. The van der Waals surface area contributed by atoms with Gasteiger partial charge in [0.05, 0.1) is 0 Å². The summed E-state index contributed by atoms with van der Waals surface area (Å²) in [5.74, 6) is 0.0824. The molecule has 7 heteroatoms. The second-order valence-corrected chi connectivity index (χ2v) is 3.98. The number of carbonyl (C=O) groups excluding carboxylic acids is 1. The third kappa shape index (κ3) is 5.63. The quantitative estimate of drug-likeness (QED) is 0.811. The van der Waals surface area contributed by atoms with Crippen molar-refractivity contribution in [2.45, 2.75) is 19.8 Å². The Bertz CT molecular complexity index is 623. The second kappa shape index (κ2) is 9.13. The van der Waals surface area contributed by atoms with Gasteiger partial charge >= 0.3 is 0 Å². The SMILES string of the molecule is CCc1ccc(C(F)F)cc1.N#Cc1ccc(OC=O)nn1. The molecule has 22 heavy (non-hydrogen) atoms. The molecule has 0 radical (unpaired) electrons. The zero-order valence-corrected chi connectivity index (χ0v) is 11.7. The van der Waals surface area contributed by atoms with E-state index in [1.54, 1.807) is 18.2 Å². The molecule has 0 saturated heterocycles. The van der Waals surface area contributed by atoms with Crippen molar-refractivity contribution in [3.8, 4) is 11.9 Å². The number of nitrogens with zero attached hydrogens (tertiary/aromatic N) is 3. The Morgan fingerprint density at radius 2 is 1.91 bits per heavy atom. The molecule has 0 bridgehead atoms. The maximum atomic E-state index is 12.0. The first-order chi connectivity index (χ1) is 10.6. The molecule has 0 spiro atoms. The van der Waals surface area contributed by atoms with E-state index < -0.39 is 6.43 Å². The first-order valence-corrected chi connectivity index (χ1v) is 6.31. The molecule has 2 rings (SSSR count). The van der Waals surface area contributed by atoms with Gasteiger partial charge in [-0.25, -0.2) is 8.78 Å². The number of carbonyl (C=O) groups is 1. The molecule has 0 aliphatic rings. The number of ether oxygens (including phenoxy) is 1. The number of halogens is 2. The van der Waals surface area contributed by atoms with Crippen LogP contribution in [-0.2, 0) is 11.2 Å². The van der Waals surface area contributed by atoms with Crippen LogP contribution in [0.5, 0.6) is 5.88 Å². The Morgan fingerprint density at radius 3 is 2.32 bits per heavy atom. The third-order valence-electron chi connectivity index (χ3n) is 2.56. The van der Waals surface area contributed by atoms with Crippen molar-refractivity contribution in [3.05, 3.63) is 53.2 Å². The molecule has 0 atom stereocenters. The van der Waals surface area contributed by atoms with Gasteiger partial charge in [-0.1, -0.05) is 31.2 Å². The molecule has 1 aromatic carbocycles. The topological polar surface area (TPSA) is 75.9 Å². The molecular formula is C15H13F2N3O2. The van der Waals surface area contributed by atoms with Crippen LogP contribution in [0.15, 0.2) is 36.4 Å². The number of rotatable bonds is 4. The molecule has 0 aliphatic carbocycles. The minimum absolute atomic E-state index is 0.0824. The molecule has 0 unspecified atom stereocenters. The largest absolute Gasteiger partial charge is 0.408 e. The molecule has 114 valence electrons. The van der Waals surface area contributed by atoms with Gasteiger partial charge in [0.25, 0.3) is 12.9 Å². The minimum Gasteiger partial charge on any atom is -0.408 e. The van der Waals surface area contributed by atoms with Gasteiger partial charge in [-0.2, -0.15) is 5.26 Å². The highest BCUT2D eigenvalue weighted by Crippen LogP contribution is 2.18. The number of aryl methyl sites for hydroxylation is 1. The Labute approximate surface area is 126 Å². The molecule has 0 saturated carbocycles. The summed E-state index contributed by atoms with van der Waals surface area (Å²) >= 11 is 0. The first-order valence-electron chi connectivity index (χ1n) is 6.31. The summed E-state index contributed by atoms with van der Waals surface area (Å²) in [4.78, 5) is 9.77. The predicted octanol–water partition coefficient (Wildman–Crippen LogP) is 3.07. The van der Waals surface area contributed by atoms with Gasteiger partial charge in [0, 0.05) is 11.6 Å². The summed E-state index contributed by atoms with van der Waals surface area (Å²) in [5, 5.41) is 15.1. The van der Waals surface area contributed by atoms with Crippen molar-refractivity contribution in [2.75, 3.05) is 0 Å². The lowest BCUT2D eigenvalue weighted by Crippen LogP contribution is -1.94. The number of aromatic nitrogens is 2. The lowest BCUT2D eigenvalue weighted by molar-refractivity contribution is -0.121. The average Bonchev–Trinajstić information content (AvgIpc) is 2.56. The van der Waals surface area contributed by atoms with Crippen molar-refractivity contribution in [2.24, 2.45) is 0 Å². The predicted molar refractivity (Wildman–Crippen MR) is 74.2 cm³/mol. The van der Waals surface area contributed by atoms with Crippen LogP contribution >= 0.6 is 0 Å². The highest BCUT2D eigenvalue weighted by Gasteiger charge is 2.04. The van der Waals surface area contributed by atoms with Crippen molar-refractivity contribution >= 4 is 6.47 Å². The van der Waals surface area contributed by atoms with E-state index in [1.165, 1.54) is 24.3 Å². The summed E-state index contributed by atoms with van der Waals surface area (Å²) in [6, 6.07) is 11.0. The van der Waals surface area contributed by atoms with Crippen molar-refractivity contribution in [3.63, 3.8) is 0 Å². The van der Waals surface area contributed by atoms with Gasteiger partial charge in [0.1, 0.15) is 6.07 Å². The second-order valence-electron chi connectivity index (χ2n) is 3.98. The van der Waals surface area contributed by atoms with E-state index in [0.29, 0.717) is 0 Å². The van der Waals surface area contributed by atoms with Crippen LogP contribution in [0, 0.1) is 11.3 Å². The van der Waals surface area contributed by atoms with Crippen LogP contribution in [0.1, 0.15) is 30.2 Å². The summed E-state index contributed by atoms with van der Waals surface area (Å²) in [7, 11) is 0. The maximum absolute atomic E-state index is 12.0. The summed E-state index contributed by atoms with van der Waals surface area (Å²) in [5.41, 5.74) is 1.37. The van der Waals surface area contributed by atoms with Crippen LogP contribution in [0.4, 0.5) is 8.78 Å². The minimum atomic E-state index is -2.35. The average molecular weight is 305 g/mol. The molecule has 5 nitrogen and oxygen atoms in total. The van der Waals surface area contributed by atoms with Gasteiger partial charge in [-0.3, -0.25) is 4.79 Å². The molecule has 0 fully saturated rings. The fourth-order valence-electron chi connectivity index (χ4n) is 1.39. The number of alkyl halides is 2. The standard InChI is InChI=1S/C9H10F2.C6H3N3O2/c1-2-7-3-5-8(6-4-7)9(10)11;7-3-5-1-2-6(9-8-5)11-4-10/h3-6,9H,2H2,1H3;1-2,4H. The van der Waals surface area contributed by atoms with Crippen molar-refractivity contribution < 1.29 is 18.3 Å². The van der Waals surface area contributed by atoms with Gasteiger partial charge in [0.15, 0.2) is 5.69 Å². The van der Waals surface area contributed by atoms with Gasteiger partial charge in [-0.05, 0) is 18.1 Å². The van der Waals surface area contributed by atoms with Crippen LogP contribution in [0.25, 0.3) is 0 Å². The molecule has 1 aromatic heterocycles. The highest BCUT2D eigenvalue weighted by molar-refractivity contribution is 5.42. The van der Waals surface area contributed by atoms with Crippen LogP contribution in [0.2, 0.25) is 0 Å². The molecular weight excluding hydrogens is 292 g/mol. The van der Waals surface area contributed by atoms with Gasteiger partial charge in [-0.15, -0.1) is 10.2 Å². The molecule has 0 aliphatic heterocycles. The normalized spacial score (nSPS) is 9.41. The number of nitriles is 1. The van der Waals surface area contributed by atoms with Crippen molar-refractivity contribution in [1.82, 2.24) is 10.2 Å². The zero-order valence-electron chi connectivity index (χ0n) is 11.7. The molecule has 1 heterocycles. The maximum Gasteiger partial charge on any atom is 0.299 e. The lowest BCUT2D eigenvalue weighted by atomic mass is 10.1. The Morgan fingerprint density at radius 1 is 1.23 bits per heavy atom. The van der Waals surface area contributed by atoms with E-state index in [9.17, 15) is 13.6 Å². The van der Waals surface area contributed by atoms with Crippen molar-refractivity contribution in [1.29, 1.82) is 5.26 Å². The number of hydrogen-bond donors (Lipinski definition) is 0. The van der Waals surface area contributed by atoms with Gasteiger partial charge in [0.2, 0.25) is 5.88 Å². The van der Waals surface area contributed by atoms with E-state index >= 15 is 0 Å². The van der Waals surface area contributed by atoms with E-state index in [2.05, 4.69) is 14.9 Å². The van der Waals surface area contributed by atoms with E-state index in [0.717, 1.165) is 12.0 Å². The van der Waals surface area contributed by atoms with E-state index in [4.69, 9.17) is 5.26 Å². The van der Waals surface area contributed by atoms with Crippen LogP contribution < -0.4 is 4.74 Å². The number of benzene rings is 1. The smallest absolute Gasteiger partial charge is 0.299 e. The highest BCUT2D eigenvalue weighted by atomic mass is 19.3. The molecule has 0 amide bonds. The lowest BCUT2D eigenvalue weighted by Gasteiger charge is -1.99. The molecule has 0 N–H and O–H groups in total.